The molecule has 4 nitrogen and oxygen atoms in total. The van der Waals surface area contributed by atoms with Gasteiger partial charge >= 0.3 is 0 Å². The van der Waals surface area contributed by atoms with E-state index in [9.17, 15) is 9.59 Å². The van der Waals surface area contributed by atoms with E-state index in [2.05, 4.69) is 5.32 Å². The van der Waals surface area contributed by atoms with Crippen molar-refractivity contribution in [2.45, 2.75) is 17.4 Å². The molecule has 2 rings (SSSR count). The first-order valence-electron chi connectivity index (χ1n) is 5.99. The maximum atomic E-state index is 12.0. The van der Waals surface area contributed by atoms with Gasteiger partial charge in [0.15, 0.2) is 0 Å². The monoisotopic (exact) mass is 298 g/mol. The number of likely N-dealkylation sites (N-methyl/N-ethyl adjacent to an activating group) is 1. The zero-order valence-corrected chi connectivity index (χ0v) is 12.1. The lowest BCUT2D eigenvalue weighted by atomic mass is 10.2. The number of carbonyl (C=O) groups is 2. The summed E-state index contributed by atoms with van der Waals surface area (Å²) in [5, 5.41) is 3.41. The molecule has 0 saturated carbocycles. The molecule has 1 atom stereocenters. The van der Waals surface area contributed by atoms with Crippen LogP contribution >= 0.6 is 23.4 Å². The number of nitrogens with one attached hydrogen (secondary N) is 1. The molecule has 19 heavy (non-hydrogen) atoms. The summed E-state index contributed by atoms with van der Waals surface area (Å²) in [6, 6.07) is 7.02. The van der Waals surface area contributed by atoms with Gasteiger partial charge in [0.2, 0.25) is 11.8 Å². The van der Waals surface area contributed by atoms with Crippen LogP contribution in [0.5, 0.6) is 0 Å². The molecule has 2 amide bonds. The molecule has 0 aliphatic carbocycles. The van der Waals surface area contributed by atoms with Crippen molar-refractivity contribution >= 4 is 35.2 Å². The third-order valence-electron chi connectivity index (χ3n) is 3.06. The van der Waals surface area contributed by atoms with Gasteiger partial charge in [-0.3, -0.25) is 9.59 Å². The van der Waals surface area contributed by atoms with Crippen LogP contribution in [0.15, 0.2) is 29.2 Å². The number of halogens is 1. The van der Waals surface area contributed by atoms with Crippen molar-refractivity contribution < 1.29 is 9.59 Å². The normalized spacial score (nSPS) is 18.2. The van der Waals surface area contributed by atoms with Crippen molar-refractivity contribution in [1.29, 1.82) is 0 Å². The van der Waals surface area contributed by atoms with E-state index >= 15 is 0 Å². The average Bonchev–Trinajstić information content (AvgIpc) is 2.83. The number of thioether (sulfide) groups is 1. The summed E-state index contributed by atoms with van der Waals surface area (Å²) >= 11 is 7.24. The Hall–Kier alpha value is -1.20. The highest BCUT2D eigenvalue weighted by Gasteiger charge is 2.30. The first-order valence-corrected chi connectivity index (χ1v) is 7.36. The summed E-state index contributed by atoms with van der Waals surface area (Å²) in [7, 11) is 1.68. The second kappa shape index (κ2) is 6.30. The lowest BCUT2D eigenvalue weighted by molar-refractivity contribution is -0.135. The maximum Gasteiger partial charge on any atom is 0.242 e. The number of carbonyl (C=O) groups excluding carboxylic acids is 2. The molecule has 1 aliphatic rings. The number of hydrogen-bond donors (Lipinski definition) is 1. The molecule has 1 saturated heterocycles. The Morgan fingerprint density at radius 2 is 2.16 bits per heavy atom. The summed E-state index contributed by atoms with van der Waals surface area (Å²) in [4.78, 5) is 26.0. The smallest absolute Gasteiger partial charge is 0.242 e. The van der Waals surface area contributed by atoms with Crippen LogP contribution in [0.3, 0.4) is 0 Å². The van der Waals surface area contributed by atoms with Gasteiger partial charge in [-0.2, -0.15) is 0 Å². The van der Waals surface area contributed by atoms with E-state index in [0.717, 1.165) is 4.90 Å². The molecular formula is C13H15ClN2O2S. The van der Waals surface area contributed by atoms with Crippen LogP contribution in [0.2, 0.25) is 5.02 Å². The summed E-state index contributed by atoms with van der Waals surface area (Å²) < 4.78 is 0. The van der Waals surface area contributed by atoms with Crippen LogP contribution in [0, 0.1) is 0 Å². The Kier molecular flexibility index (Phi) is 4.71. The van der Waals surface area contributed by atoms with Crippen LogP contribution in [0.1, 0.15) is 6.42 Å². The lowest BCUT2D eigenvalue weighted by Gasteiger charge is -2.22. The van der Waals surface area contributed by atoms with Crippen LogP contribution in [0.25, 0.3) is 0 Å². The van der Waals surface area contributed by atoms with Crippen molar-refractivity contribution in [1.82, 2.24) is 10.2 Å². The minimum absolute atomic E-state index is 0.0398. The fourth-order valence-corrected chi connectivity index (χ4v) is 2.85. The molecule has 0 radical (unpaired) electrons. The molecule has 1 fully saturated rings. The van der Waals surface area contributed by atoms with E-state index in [1.165, 1.54) is 16.7 Å². The minimum atomic E-state index is -0.321. The zero-order chi connectivity index (χ0) is 13.8. The van der Waals surface area contributed by atoms with E-state index in [-0.39, 0.29) is 17.9 Å². The predicted octanol–water partition coefficient (Wildman–Crippen LogP) is 1.78. The Bertz CT molecular complexity index is 478. The minimum Gasteiger partial charge on any atom is -0.354 e. The van der Waals surface area contributed by atoms with Gasteiger partial charge in [-0.15, -0.1) is 11.8 Å². The Morgan fingerprint density at radius 1 is 1.47 bits per heavy atom. The van der Waals surface area contributed by atoms with Crippen LogP contribution < -0.4 is 5.32 Å². The first kappa shape index (κ1) is 14.2. The maximum absolute atomic E-state index is 12.0. The summed E-state index contributed by atoms with van der Waals surface area (Å²) in [5.74, 6) is 0.219. The lowest BCUT2D eigenvalue weighted by Crippen LogP contribution is -2.42. The third-order valence-corrected chi connectivity index (χ3v) is 4.31. The molecule has 1 aliphatic heterocycles. The van der Waals surface area contributed by atoms with Crippen molar-refractivity contribution in [2.24, 2.45) is 0 Å². The molecule has 1 unspecified atom stereocenters. The number of hydrogen-bond acceptors (Lipinski definition) is 3. The summed E-state index contributed by atoms with van der Waals surface area (Å²) in [5.41, 5.74) is 0. The van der Waals surface area contributed by atoms with Gasteiger partial charge in [0, 0.05) is 23.5 Å². The van der Waals surface area contributed by atoms with Crippen LogP contribution in [0.4, 0.5) is 0 Å². The van der Waals surface area contributed by atoms with Crippen LogP contribution in [-0.4, -0.2) is 42.1 Å². The second-order valence-corrected chi connectivity index (χ2v) is 5.83. The number of rotatable bonds is 4. The highest BCUT2D eigenvalue weighted by atomic mass is 35.5. The molecule has 6 heteroatoms. The SMILES string of the molecule is CN(C(=O)CSc1ccc(Cl)cc1)C1CCNC1=O. The van der Waals surface area contributed by atoms with Crippen LogP contribution in [-0.2, 0) is 9.59 Å². The van der Waals surface area contributed by atoms with Gasteiger partial charge in [0.05, 0.1) is 5.75 Å². The van der Waals surface area contributed by atoms with E-state index in [0.29, 0.717) is 23.7 Å². The van der Waals surface area contributed by atoms with E-state index in [1.807, 2.05) is 12.1 Å². The van der Waals surface area contributed by atoms with Crippen molar-refractivity contribution in [3.8, 4) is 0 Å². The number of benzene rings is 1. The van der Waals surface area contributed by atoms with E-state index in [4.69, 9.17) is 11.6 Å². The van der Waals surface area contributed by atoms with Gasteiger partial charge in [0.25, 0.3) is 0 Å². The van der Waals surface area contributed by atoms with E-state index in [1.54, 1.807) is 19.2 Å². The molecule has 0 bridgehead atoms. The standard InChI is InChI=1S/C13H15ClN2O2S/c1-16(11-6-7-15-13(11)18)12(17)8-19-10-4-2-9(14)3-5-10/h2-5,11H,6-8H2,1H3,(H,15,18). The topological polar surface area (TPSA) is 49.4 Å². The van der Waals surface area contributed by atoms with Gasteiger partial charge in [-0.1, -0.05) is 11.6 Å². The number of amides is 2. The Morgan fingerprint density at radius 3 is 2.74 bits per heavy atom. The summed E-state index contributed by atoms with van der Waals surface area (Å²) in [6.07, 6.45) is 0.687. The molecule has 1 N–H and O–H groups in total. The van der Waals surface area contributed by atoms with Gasteiger partial charge in [0.1, 0.15) is 6.04 Å². The molecule has 0 aromatic heterocycles. The second-order valence-electron chi connectivity index (χ2n) is 4.34. The van der Waals surface area contributed by atoms with Crippen molar-refractivity contribution in [3.05, 3.63) is 29.3 Å². The molecule has 1 aromatic rings. The highest BCUT2D eigenvalue weighted by molar-refractivity contribution is 8.00. The Labute approximate surface area is 121 Å². The molecule has 0 spiro atoms. The third kappa shape index (κ3) is 3.64. The Balaban J connectivity index is 1.87. The van der Waals surface area contributed by atoms with Gasteiger partial charge < -0.3 is 10.2 Å². The predicted molar refractivity (Wildman–Crippen MR) is 76.4 cm³/mol. The molecular weight excluding hydrogens is 284 g/mol. The average molecular weight is 299 g/mol. The highest BCUT2D eigenvalue weighted by Crippen LogP contribution is 2.21. The largest absolute Gasteiger partial charge is 0.354 e. The van der Waals surface area contributed by atoms with E-state index < -0.39 is 0 Å². The molecule has 1 aromatic carbocycles. The summed E-state index contributed by atoms with van der Waals surface area (Å²) in [6.45, 7) is 0.644. The molecule has 1 heterocycles. The van der Waals surface area contributed by atoms with Crippen molar-refractivity contribution in [2.75, 3.05) is 19.3 Å². The fourth-order valence-electron chi connectivity index (χ4n) is 1.90. The van der Waals surface area contributed by atoms with Gasteiger partial charge in [-0.25, -0.2) is 0 Å². The first-order chi connectivity index (χ1) is 9.08. The quantitative estimate of drug-likeness (QED) is 0.862. The zero-order valence-electron chi connectivity index (χ0n) is 10.6. The molecule has 102 valence electrons. The fraction of sp³-hybridized carbons (Fsp3) is 0.385. The van der Waals surface area contributed by atoms with Gasteiger partial charge in [-0.05, 0) is 30.7 Å². The van der Waals surface area contributed by atoms with Crippen molar-refractivity contribution in [3.63, 3.8) is 0 Å². The number of nitrogens with zero attached hydrogens (tertiary/aromatic N) is 1.